The number of carbonyl (C=O) groups excluding carboxylic acids is 2. The molecule has 5 rings (SSSR count). The molecule has 1 saturated heterocycles. The third kappa shape index (κ3) is 4.09. The number of ether oxygens (including phenoxy) is 2. The van der Waals surface area contributed by atoms with Crippen LogP contribution in [0.25, 0.3) is 10.9 Å². The lowest BCUT2D eigenvalue weighted by Crippen LogP contribution is -2.48. The number of rotatable bonds is 4. The van der Waals surface area contributed by atoms with Gasteiger partial charge in [0, 0.05) is 35.1 Å². The molecule has 2 aliphatic heterocycles. The first kappa shape index (κ1) is 22.2. The number of nitrogens with zero attached hydrogens (tertiary/aromatic N) is 2. The van der Waals surface area contributed by atoms with Crippen LogP contribution in [-0.2, 0) is 22.3 Å². The number of carbonyl (C=O) groups is 2. The van der Waals surface area contributed by atoms with Crippen LogP contribution in [0.2, 0.25) is 5.02 Å². The van der Waals surface area contributed by atoms with Gasteiger partial charge < -0.3 is 24.7 Å². The maximum Gasteiger partial charge on any atom is 0.340 e. The lowest BCUT2D eigenvalue weighted by molar-refractivity contribution is 0.0602. The number of H-pyrrole nitrogens is 1. The molecule has 33 heavy (non-hydrogen) atoms. The summed E-state index contributed by atoms with van der Waals surface area (Å²) in [6, 6.07) is 3.50. The number of hydrogen-bond donors (Lipinski definition) is 2. The summed E-state index contributed by atoms with van der Waals surface area (Å²) in [6.07, 6.45) is 3.28. The molecule has 10 heteroatoms. The molecule has 0 radical (unpaired) electrons. The number of hydrogen-bond acceptors (Lipinski definition) is 7. The van der Waals surface area contributed by atoms with E-state index in [0.717, 1.165) is 21.8 Å². The van der Waals surface area contributed by atoms with Crippen LogP contribution in [0.1, 0.15) is 45.1 Å². The average Bonchev–Trinajstić information content (AvgIpc) is 3.36. The van der Waals surface area contributed by atoms with Gasteiger partial charge in [0.05, 0.1) is 43.1 Å². The highest BCUT2D eigenvalue weighted by Gasteiger charge is 2.35. The number of halogens is 1. The summed E-state index contributed by atoms with van der Waals surface area (Å²) in [4.78, 5) is 35.8. The zero-order valence-corrected chi connectivity index (χ0v) is 20.2. The molecular weight excluding hydrogens is 464 g/mol. The van der Waals surface area contributed by atoms with E-state index in [1.807, 2.05) is 26.1 Å². The molecule has 4 heterocycles. The highest BCUT2D eigenvalue weighted by molar-refractivity contribution is 7.17. The summed E-state index contributed by atoms with van der Waals surface area (Å²) in [5.74, 6) is -0.496. The predicted octanol–water partition coefficient (Wildman–Crippen LogP) is 3.58. The quantitative estimate of drug-likeness (QED) is 0.545. The van der Waals surface area contributed by atoms with Crippen molar-refractivity contribution in [2.45, 2.75) is 38.3 Å². The molecule has 2 aromatic heterocycles. The van der Waals surface area contributed by atoms with Gasteiger partial charge in [0.1, 0.15) is 4.88 Å². The third-order valence-corrected chi connectivity index (χ3v) is 7.48. The number of amides is 1. The number of fused-ring (bicyclic) bond motifs is 2. The predicted molar refractivity (Wildman–Crippen MR) is 128 cm³/mol. The van der Waals surface area contributed by atoms with E-state index in [1.54, 1.807) is 6.07 Å². The summed E-state index contributed by atoms with van der Waals surface area (Å²) in [5.41, 5.74) is 2.69. The van der Waals surface area contributed by atoms with E-state index in [-0.39, 0.29) is 17.5 Å². The highest BCUT2D eigenvalue weighted by atomic mass is 35.5. The average molecular weight is 489 g/mol. The van der Waals surface area contributed by atoms with Gasteiger partial charge in [-0.3, -0.25) is 4.79 Å². The third-order valence-electron chi connectivity index (χ3n) is 6.13. The topological polar surface area (TPSA) is 96.6 Å². The number of thiazole rings is 1. The smallest absolute Gasteiger partial charge is 0.340 e. The number of morpholine rings is 1. The Hall–Kier alpha value is -2.62. The van der Waals surface area contributed by atoms with E-state index >= 15 is 0 Å². The lowest BCUT2D eigenvalue weighted by Gasteiger charge is -2.35. The van der Waals surface area contributed by atoms with Crippen molar-refractivity contribution in [2.24, 2.45) is 0 Å². The second-order valence-electron chi connectivity index (χ2n) is 9.09. The number of anilines is 1. The largest absolute Gasteiger partial charge is 0.465 e. The fourth-order valence-electron chi connectivity index (χ4n) is 4.61. The second-order valence-corrected chi connectivity index (χ2v) is 10.5. The molecule has 2 N–H and O–H groups in total. The Balaban J connectivity index is 1.47. The van der Waals surface area contributed by atoms with Gasteiger partial charge in [-0.25, -0.2) is 9.78 Å². The highest BCUT2D eigenvalue weighted by Crippen LogP contribution is 2.35. The first-order chi connectivity index (χ1) is 15.8. The molecule has 8 nitrogen and oxygen atoms in total. The number of aromatic amines is 1. The minimum absolute atomic E-state index is 0.0296. The summed E-state index contributed by atoms with van der Waals surface area (Å²) in [7, 11) is 1.35. The van der Waals surface area contributed by atoms with Crippen molar-refractivity contribution in [1.29, 1.82) is 0 Å². The fraction of sp³-hybridized carbons (Fsp3) is 0.435. The monoisotopic (exact) mass is 488 g/mol. The fourth-order valence-corrected chi connectivity index (χ4v) is 5.90. The summed E-state index contributed by atoms with van der Waals surface area (Å²) >= 11 is 7.75. The molecule has 174 valence electrons. The normalized spacial score (nSPS) is 19.9. The van der Waals surface area contributed by atoms with Crippen LogP contribution in [0.15, 0.2) is 18.3 Å². The Morgan fingerprint density at radius 1 is 1.42 bits per heavy atom. The lowest BCUT2D eigenvalue weighted by atomic mass is 9.94. The number of nitrogens with one attached hydrogen (secondary N) is 2. The van der Waals surface area contributed by atoms with E-state index in [4.69, 9.17) is 26.1 Å². The minimum Gasteiger partial charge on any atom is -0.465 e. The Labute approximate surface area is 200 Å². The molecule has 2 aliphatic rings. The zero-order valence-electron chi connectivity index (χ0n) is 18.7. The standard InChI is InChI=1S/C23H25ClN4O4S/c1-23(2)9-17-19(20(29)27-23)33-22(26-17)28-4-5-32-11-14(28)6-12-10-25-18-15(12)7-13(24)8-16(18)21(30)31-3/h7-8,10,14,25H,4-6,9,11H2,1-3H3,(H,27,29)/t14-/m0/s1. The molecule has 1 amide bonds. The van der Waals surface area contributed by atoms with Crippen LogP contribution >= 0.6 is 22.9 Å². The second kappa shape index (κ2) is 8.30. The molecule has 3 aromatic rings. The molecule has 0 saturated carbocycles. The molecule has 1 atom stereocenters. The van der Waals surface area contributed by atoms with Crippen LogP contribution in [0, 0.1) is 0 Å². The molecular formula is C23H25ClN4O4S. The van der Waals surface area contributed by atoms with Gasteiger partial charge >= 0.3 is 5.97 Å². The van der Waals surface area contributed by atoms with Gasteiger partial charge in [0.2, 0.25) is 0 Å². The molecule has 0 bridgehead atoms. The summed E-state index contributed by atoms with van der Waals surface area (Å²) < 4.78 is 10.7. The Bertz CT molecular complexity index is 1250. The van der Waals surface area contributed by atoms with Crippen LogP contribution in [0.3, 0.4) is 0 Å². The summed E-state index contributed by atoms with van der Waals surface area (Å²) in [5, 5.41) is 5.25. The van der Waals surface area contributed by atoms with E-state index in [2.05, 4.69) is 15.2 Å². The molecule has 0 aliphatic carbocycles. The molecule has 0 unspecified atom stereocenters. The SMILES string of the molecule is COC(=O)c1cc(Cl)cc2c(C[C@H]3COCCN3c3nc4c(s3)C(=O)NC(C)(C)C4)c[nH]c12. The zero-order chi connectivity index (χ0) is 23.3. The Morgan fingerprint density at radius 3 is 3.03 bits per heavy atom. The molecule has 1 aromatic carbocycles. The van der Waals surface area contributed by atoms with Gasteiger partial charge in [-0.15, -0.1) is 0 Å². The summed E-state index contributed by atoms with van der Waals surface area (Å²) in [6.45, 7) is 5.85. The van der Waals surface area contributed by atoms with Crippen LogP contribution in [0.4, 0.5) is 5.13 Å². The first-order valence-electron chi connectivity index (χ1n) is 10.8. The van der Waals surface area contributed by atoms with Gasteiger partial charge in [0.25, 0.3) is 5.91 Å². The van der Waals surface area contributed by atoms with Crippen molar-refractivity contribution in [3.63, 3.8) is 0 Å². The molecule has 0 spiro atoms. The van der Waals surface area contributed by atoms with Crippen molar-refractivity contribution < 1.29 is 19.1 Å². The maximum absolute atomic E-state index is 12.6. The van der Waals surface area contributed by atoms with Crippen molar-refractivity contribution in [1.82, 2.24) is 15.3 Å². The van der Waals surface area contributed by atoms with Gasteiger partial charge in [-0.05, 0) is 38.0 Å². The van der Waals surface area contributed by atoms with E-state index in [9.17, 15) is 9.59 Å². The Morgan fingerprint density at radius 2 is 2.24 bits per heavy atom. The number of methoxy groups -OCH3 is 1. The number of benzene rings is 1. The first-order valence-corrected chi connectivity index (χ1v) is 12.0. The van der Waals surface area contributed by atoms with Crippen LogP contribution in [-0.4, -0.2) is 60.3 Å². The molecule has 1 fully saturated rings. The van der Waals surface area contributed by atoms with Gasteiger partial charge in [-0.2, -0.15) is 0 Å². The minimum atomic E-state index is -0.437. The van der Waals surface area contributed by atoms with Crippen molar-refractivity contribution in [2.75, 3.05) is 31.8 Å². The number of esters is 1. The van der Waals surface area contributed by atoms with Crippen molar-refractivity contribution in [3.05, 3.63) is 45.1 Å². The maximum atomic E-state index is 12.6. The van der Waals surface area contributed by atoms with Gasteiger partial charge in [0.15, 0.2) is 5.13 Å². The van der Waals surface area contributed by atoms with Gasteiger partial charge in [-0.1, -0.05) is 22.9 Å². The van der Waals surface area contributed by atoms with E-state index < -0.39 is 5.97 Å². The van der Waals surface area contributed by atoms with Crippen LogP contribution < -0.4 is 10.2 Å². The van der Waals surface area contributed by atoms with Crippen LogP contribution in [0.5, 0.6) is 0 Å². The van der Waals surface area contributed by atoms with E-state index in [0.29, 0.717) is 53.6 Å². The van der Waals surface area contributed by atoms with Crippen molar-refractivity contribution >= 4 is 50.8 Å². The Kier molecular flexibility index (Phi) is 5.58. The van der Waals surface area contributed by atoms with Crippen molar-refractivity contribution in [3.8, 4) is 0 Å². The van der Waals surface area contributed by atoms with E-state index in [1.165, 1.54) is 18.4 Å². The number of aromatic nitrogens is 2.